The Morgan fingerprint density at radius 2 is 2.17 bits per heavy atom. The number of aliphatic hydroxyl groups excluding tert-OH is 2. The molecule has 1 saturated heterocycles. The van der Waals surface area contributed by atoms with Crippen LogP contribution in [0.15, 0.2) is 9.59 Å². The fraction of sp³-hybridized carbons (Fsp3) is 0.583. The van der Waals surface area contributed by atoms with Gasteiger partial charge in [-0.25, -0.2) is 9.36 Å². The van der Waals surface area contributed by atoms with Gasteiger partial charge in [0.05, 0.1) is 12.7 Å². The zero-order chi connectivity index (χ0) is 16.7. The number of anilines is 1. The second-order valence-corrected chi connectivity index (χ2v) is 5.33. The lowest BCUT2D eigenvalue weighted by Crippen LogP contribution is -2.30. The molecule has 126 valence electrons. The minimum atomic E-state index is -0.927. The number of aliphatic hydroxyl groups is 2. The third kappa shape index (κ3) is 2.43. The molecule has 1 aliphatic rings. The molecule has 2 aromatic rings. The van der Waals surface area contributed by atoms with Crippen LogP contribution in [0, 0.1) is 0 Å². The maximum atomic E-state index is 12.6. The lowest BCUT2D eigenvalue weighted by Gasteiger charge is -2.12. The van der Waals surface area contributed by atoms with Gasteiger partial charge in [0.15, 0.2) is 11.2 Å². The number of nitrogens with zero attached hydrogens (tertiary/aromatic N) is 3. The van der Waals surface area contributed by atoms with Crippen molar-refractivity contribution in [2.75, 3.05) is 18.9 Å². The summed E-state index contributed by atoms with van der Waals surface area (Å²) in [6, 6.07) is 0. The van der Waals surface area contributed by atoms with Crippen molar-refractivity contribution in [3.05, 3.63) is 20.8 Å². The van der Waals surface area contributed by atoms with Crippen LogP contribution < -0.4 is 22.7 Å². The van der Waals surface area contributed by atoms with Crippen LogP contribution in [0.1, 0.15) is 12.6 Å². The number of hydrogen-bond acceptors (Lipinski definition) is 8. The van der Waals surface area contributed by atoms with E-state index in [4.69, 9.17) is 16.2 Å². The Kier molecular flexibility index (Phi) is 3.93. The standard InChI is InChI=1S/C12H18N6O5/c13-1-2-17-8-9(15-11(14)16-10(8)21)18(12(17)22)7-3-5(20)6(4-19)23-7/h5-7,19-20H,1-4,13H2,(H3,14,15,16,21)/t5-,6?,7?/m1/s1. The van der Waals surface area contributed by atoms with Gasteiger partial charge in [0.1, 0.15) is 12.3 Å². The number of ether oxygens (including phenoxy) is 1. The van der Waals surface area contributed by atoms with Crippen LogP contribution in [0.4, 0.5) is 5.95 Å². The molecule has 3 rings (SSSR count). The van der Waals surface area contributed by atoms with Crippen molar-refractivity contribution in [1.82, 2.24) is 19.1 Å². The Bertz CT molecular complexity index is 839. The number of nitrogens with two attached hydrogens (primary N) is 2. The van der Waals surface area contributed by atoms with Gasteiger partial charge >= 0.3 is 5.69 Å². The number of nitrogens with one attached hydrogen (secondary N) is 1. The first-order chi connectivity index (χ1) is 11.0. The fourth-order valence-corrected chi connectivity index (χ4v) is 2.83. The molecule has 23 heavy (non-hydrogen) atoms. The Morgan fingerprint density at radius 3 is 2.78 bits per heavy atom. The smallest absolute Gasteiger partial charge is 0.332 e. The second-order valence-electron chi connectivity index (χ2n) is 5.33. The van der Waals surface area contributed by atoms with Crippen LogP contribution >= 0.6 is 0 Å². The third-order valence-electron chi connectivity index (χ3n) is 3.85. The molecular weight excluding hydrogens is 308 g/mol. The highest BCUT2D eigenvalue weighted by Gasteiger charge is 2.37. The zero-order valence-corrected chi connectivity index (χ0v) is 12.2. The predicted octanol–water partition coefficient (Wildman–Crippen LogP) is -2.93. The maximum Gasteiger partial charge on any atom is 0.332 e. The molecular formula is C12H18N6O5. The van der Waals surface area contributed by atoms with E-state index >= 15 is 0 Å². The average Bonchev–Trinajstić information content (AvgIpc) is 2.98. The van der Waals surface area contributed by atoms with Crippen LogP contribution in [0.3, 0.4) is 0 Å². The zero-order valence-electron chi connectivity index (χ0n) is 12.2. The number of aromatic nitrogens is 4. The highest BCUT2D eigenvalue weighted by atomic mass is 16.5. The number of imidazole rings is 1. The summed E-state index contributed by atoms with van der Waals surface area (Å²) < 4.78 is 7.85. The molecule has 0 spiro atoms. The largest absolute Gasteiger partial charge is 0.394 e. The summed E-state index contributed by atoms with van der Waals surface area (Å²) in [5.41, 5.74) is 10.1. The van der Waals surface area contributed by atoms with Gasteiger partial charge in [-0.15, -0.1) is 0 Å². The van der Waals surface area contributed by atoms with E-state index < -0.39 is 29.7 Å². The molecule has 7 N–H and O–H groups in total. The molecule has 0 radical (unpaired) electrons. The number of hydrogen-bond donors (Lipinski definition) is 5. The van der Waals surface area contributed by atoms with E-state index in [1.165, 1.54) is 4.57 Å². The SMILES string of the molecule is NCCn1c(=O)n(C2C[C@@H](O)C(CO)O2)c2nc(N)[nH]c(=O)c21. The molecule has 0 aromatic carbocycles. The van der Waals surface area contributed by atoms with Crippen LogP contribution in [-0.2, 0) is 11.3 Å². The summed E-state index contributed by atoms with van der Waals surface area (Å²) in [7, 11) is 0. The van der Waals surface area contributed by atoms with Crippen LogP contribution in [0.5, 0.6) is 0 Å². The van der Waals surface area contributed by atoms with Gasteiger partial charge in [-0.2, -0.15) is 4.98 Å². The topological polar surface area (TPSA) is 174 Å². The van der Waals surface area contributed by atoms with E-state index in [0.29, 0.717) is 0 Å². The number of nitrogen functional groups attached to an aromatic ring is 1. The van der Waals surface area contributed by atoms with Crippen LogP contribution in [-0.4, -0.2) is 54.7 Å². The van der Waals surface area contributed by atoms with Gasteiger partial charge < -0.3 is 26.4 Å². The Balaban J connectivity index is 2.23. The molecule has 11 nitrogen and oxygen atoms in total. The molecule has 11 heteroatoms. The van der Waals surface area contributed by atoms with Crippen molar-refractivity contribution < 1.29 is 14.9 Å². The van der Waals surface area contributed by atoms with E-state index in [1.807, 2.05) is 0 Å². The summed E-state index contributed by atoms with van der Waals surface area (Å²) in [6.07, 6.45) is -2.51. The van der Waals surface area contributed by atoms with E-state index in [2.05, 4.69) is 9.97 Å². The van der Waals surface area contributed by atoms with Gasteiger partial charge in [0, 0.05) is 19.5 Å². The van der Waals surface area contributed by atoms with Crippen molar-refractivity contribution >= 4 is 17.1 Å². The molecule has 2 unspecified atom stereocenters. The monoisotopic (exact) mass is 326 g/mol. The number of H-pyrrole nitrogens is 1. The number of aromatic amines is 1. The summed E-state index contributed by atoms with van der Waals surface area (Å²) in [5, 5.41) is 19.0. The first-order valence-electron chi connectivity index (χ1n) is 7.13. The average molecular weight is 326 g/mol. The van der Waals surface area contributed by atoms with Crippen molar-refractivity contribution in [3.63, 3.8) is 0 Å². The molecule has 3 atom stereocenters. The quantitative estimate of drug-likeness (QED) is 0.397. The lowest BCUT2D eigenvalue weighted by molar-refractivity contribution is -0.0443. The molecule has 1 aliphatic heterocycles. The first-order valence-corrected chi connectivity index (χ1v) is 7.13. The third-order valence-corrected chi connectivity index (χ3v) is 3.85. The minimum absolute atomic E-state index is 0.0418. The van der Waals surface area contributed by atoms with Crippen molar-refractivity contribution in [1.29, 1.82) is 0 Å². The van der Waals surface area contributed by atoms with Crippen molar-refractivity contribution in [2.24, 2.45) is 5.73 Å². The summed E-state index contributed by atoms with van der Waals surface area (Å²) in [6.45, 7) is -0.115. The molecule has 2 aromatic heterocycles. The van der Waals surface area contributed by atoms with Gasteiger partial charge in [0.2, 0.25) is 5.95 Å². The molecule has 3 heterocycles. The first kappa shape index (κ1) is 15.7. The van der Waals surface area contributed by atoms with E-state index in [1.54, 1.807) is 0 Å². The van der Waals surface area contributed by atoms with Crippen molar-refractivity contribution in [2.45, 2.75) is 31.4 Å². The van der Waals surface area contributed by atoms with Gasteiger partial charge in [0.25, 0.3) is 5.56 Å². The van der Waals surface area contributed by atoms with Crippen LogP contribution in [0.2, 0.25) is 0 Å². The van der Waals surface area contributed by atoms with Gasteiger partial charge in [-0.1, -0.05) is 0 Å². The lowest BCUT2D eigenvalue weighted by atomic mass is 10.2. The fourth-order valence-electron chi connectivity index (χ4n) is 2.83. The highest BCUT2D eigenvalue weighted by Crippen LogP contribution is 2.29. The molecule has 0 amide bonds. The Labute approximate surface area is 129 Å². The highest BCUT2D eigenvalue weighted by molar-refractivity contribution is 5.71. The van der Waals surface area contributed by atoms with Crippen LogP contribution in [0.25, 0.3) is 11.2 Å². The normalized spacial score (nSPS) is 24.6. The molecule has 0 saturated carbocycles. The van der Waals surface area contributed by atoms with Gasteiger partial charge in [-0.3, -0.25) is 14.3 Å². The minimum Gasteiger partial charge on any atom is -0.394 e. The molecule has 0 aliphatic carbocycles. The van der Waals surface area contributed by atoms with E-state index in [-0.39, 0.29) is 43.2 Å². The van der Waals surface area contributed by atoms with Crippen molar-refractivity contribution in [3.8, 4) is 0 Å². The maximum absolute atomic E-state index is 12.6. The summed E-state index contributed by atoms with van der Waals surface area (Å²) in [5.74, 6) is -0.140. The second kappa shape index (κ2) is 5.77. The van der Waals surface area contributed by atoms with E-state index in [0.717, 1.165) is 4.57 Å². The number of fused-ring (bicyclic) bond motifs is 1. The predicted molar refractivity (Wildman–Crippen MR) is 79.7 cm³/mol. The van der Waals surface area contributed by atoms with E-state index in [9.17, 15) is 19.8 Å². The Morgan fingerprint density at radius 1 is 1.43 bits per heavy atom. The Hall–Kier alpha value is -2.21. The summed E-state index contributed by atoms with van der Waals surface area (Å²) >= 11 is 0. The van der Waals surface area contributed by atoms with Gasteiger partial charge in [-0.05, 0) is 0 Å². The number of rotatable bonds is 4. The molecule has 1 fully saturated rings. The summed E-state index contributed by atoms with van der Waals surface area (Å²) in [4.78, 5) is 31.1. The molecule has 0 bridgehead atoms.